The van der Waals surface area contributed by atoms with E-state index in [4.69, 9.17) is 16.3 Å². The minimum atomic E-state index is -0.0116. The van der Waals surface area contributed by atoms with Crippen LogP contribution in [0.3, 0.4) is 0 Å². The molecule has 1 aliphatic rings. The number of nitrogens with one attached hydrogen (secondary N) is 1. The lowest BCUT2D eigenvalue weighted by Gasteiger charge is -2.25. The van der Waals surface area contributed by atoms with Gasteiger partial charge in [0.2, 0.25) is 0 Å². The standard InChI is InChI=1S/C17H20ClN5O/c1-9-13(6-19)17(20-7-14(9)18)23-8-12(24-4)5-15(23)16-21-10(2)11(3)22-16/h7,12,15H,5,8H2,1-4H3,(H,21,22)/t12-,15+/m1/s1. The molecular formula is C17H20ClN5O. The van der Waals surface area contributed by atoms with Gasteiger partial charge in [0.15, 0.2) is 0 Å². The first-order chi connectivity index (χ1) is 11.5. The summed E-state index contributed by atoms with van der Waals surface area (Å²) in [5, 5.41) is 10.1. The van der Waals surface area contributed by atoms with Gasteiger partial charge in [0.25, 0.3) is 0 Å². The fourth-order valence-corrected chi connectivity index (χ4v) is 3.26. The lowest BCUT2D eigenvalue weighted by atomic mass is 10.1. The molecule has 1 fully saturated rings. The summed E-state index contributed by atoms with van der Waals surface area (Å²) >= 11 is 6.13. The summed E-state index contributed by atoms with van der Waals surface area (Å²) in [6.07, 6.45) is 2.45. The molecule has 3 rings (SSSR count). The Hall–Kier alpha value is -2.10. The molecule has 1 aliphatic heterocycles. The van der Waals surface area contributed by atoms with E-state index in [9.17, 15) is 5.26 Å². The van der Waals surface area contributed by atoms with E-state index in [1.165, 1.54) is 0 Å². The molecule has 1 saturated heterocycles. The Kier molecular flexibility index (Phi) is 4.48. The van der Waals surface area contributed by atoms with Crippen molar-refractivity contribution in [3.05, 3.63) is 39.6 Å². The topological polar surface area (TPSA) is 77.8 Å². The van der Waals surface area contributed by atoms with E-state index in [2.05, 4.69) is 25.9 Å². The van der Waals surface area contributed by atoms with Gasteiger partial charge in [-0.3, -0.25) is 0 Å². The summed E-state index contributed by atoms with van der Waals surface area (Å²) in [5.74, 6) is 1.51. The van der Waals surface area contributed by atoms with Crippen molar-refractivity contribution in [2.24, 2.45) is 0 Å². The predicted molar refractivity (Wildman–Crippen MR) is 92.3 cm³/mol. The molecular weight excluding hydrogens is 326 g/mol. The number of nitrogens with zero attached hydrogens (tertiary/aromatic N) is 4. The Morgan fingerprint density at radius 1 is 1.42 bits per heavy atom. The van der Waals surface area contributed by atoms with Crippen LogP contribution in [0.15, 0.2) is 6.20 Å². The van der Waals surface area contributed by atoms with Crippen molar-refractivity contribution in [1.82, 2.24) is 15.0 Å². The number of aromatic nitrogens is 3. The van der Waals surface area contributed by atoms with Gasteiger partial charge in [0.1, 0.15) is 17.7 Å². The minimum absolute atomic E-state index is 0.0116. The highest BCUT2D eigenvalue weighted by molar-refractivity contribution is 6.31. The third-order valence-corrected chi connectivity index (χ3v) is 5.08. The number of ether oxygens (including phenoxy) is 1. The van der Waals surface area contributed by atoms with Crippen molar-refractivity contribution < 1.29 is 4.74 Å². The first-order valence-corrected chi connectivity index (χ1v) is 8.21. The van der Waals surface area contributed by atoms with Crippen LogP contribution >= 0.6 is 11.6 Å². The second-order valence-corrected chi connectivity index (χ2v) is 6.54. The molecule has 6 nitrogen and oxygen atoms in total. The van der Waals surface area contributed by atoms with E-state index in [0.717, 1.165) is 29.2 Å². The van der Waals surface area contributed by atoms with Gasteiger partial charge in [-0.15, -0.1) is 0 Å². The number of hydrogen-bond donors (Lipinski definition) is 1. The van der Waals surface area contributed by atoms with Crippen LogP contribution in [0.1, 0.15) is 40.8 Å². The summed E-state index contributed by atoms with van der Waals surface area (Å²) in [6, 6.07) is 2.23. The molecule has 3 heterocycles. The van der Waals surface area contributed by atoms with E-state index in [0.29, 0.717) is 22.9 Å². The quantitative estimate of drug-likeness (QED) is 0.924. The van der Waals surface area contributed by atoms with Crippen LogP contribution in [0.5, 0.6) is 0 Å². The van der Waals surface area contributed by atoms with Gasteiger partial charge >= 0.3 is 0 Å². The summed E-state index contributed by atoms with van der Waals surface area (Å²) in [7, 11) is 1.70. The number of halogens is 1. The fraction of sp³-hybridized carbons (Fsp3) is 0.471. The average Bonchev–Trinajstić information content (AvgIpc) is 3.13. The number of methoxy groups -OCH3 is 1. The summed E-state index contributed by atoms with van der Waals surface area (Å²) in [5.41, 5.74) is 3.28. The van der Waals surface area contributed by atoms with Crippen LogP contribution in [0, 0.1) is 32.1 Å². The summed E-state index contributed by atoms with van der Waals surface area (Å²) in [4.78, 5) is 14.5. The van der Waals surface area contributed by atoms with E-state index in [-0.39, 0.29) is 12.1 Å². The molecule has 126 valence electrons. The van der Waals surface area contributed by atoms with E-state index in [1.807, 2.05) is 20.8 Å². The zero-order valence-corrected chi connectivity index (χ0v) is 15.0. The lowest BCUT2D eigenvalue weighted by molar-refractivity contribution is 0.118. The maximum atomic E-state index is 9.58. The third kappa shape index (κ3) is 2.74. The highest BCUT2D eigenvalue weighted by Crippen LogP contribution is 2.38. The van der Waals surface area contributed by atoms with E-state index < -0.39 is 0 Å². The molecule has 0 aliphatic carbocycles. The summed E-state index contributed by atoms with van der Waals surface area (Å²) in [6.45, 7) is 6.48. The van der Waals surface area contributed by atoms with Gasteiger partial charge in [-0.2, -0.15) is 5.26 Å². The molecule has 2 aromatic rings. The number of imidazole rings is 1. The number of nitriles is 1. The SMILES string of the molecule is CO[C@@H]1C[C@@H](c2nc(C)c(C)[nH]2)N(c2ncc(Cl)c(C)c2C#N)C1. The minimum Gasteiger partial charge on any atom is -0.380 e. The third-order valence-electron chi connectivity index (χ3n) is 4.70. The Morgan fingerprint density at radius 2 is 2.17 bits per heavy atom. The second-order valence-electron chi connectivity index (χ2n) is 6.14. The van der Waals surface area contributed by atoms with Crippen molar-refractivity contribution in [2.75, 3.05) is 18.6 Å². The number of rotatable bonds is 3. The highest BCUT2D eigenvalue weighted by Gasteiger charge is 2.37. The zero-order chi connectivity index (χ0) is 17.4. The summed E-state index contributed by atoms with van der Waals surface area (Å²) < 4.78 is 5.56. The Labute approximate surface area is 146 Å². The Balaban J connectivity index is 2.07. The smallest absolute Gasteiger partial charge is 0.147 e. The van der Waals surface area contributed by atoms with Crippen molar-refractivity contribution in [1.29, 1.82) is 5.26 Å². The van der Waals surface area contributed by atoms with Crippen LogP contribution in [0.25, 0.3) is 0 Å². The zero-order valence-electron chi connectivity index (χ0n) is 14.2. The molecule has 2 atom stereocenters. The number of pyridine rings is 1. The predicted octanol–water partition coefficient (Wildman–Crippen LogP) is 3.22. The van der Waals surface area contributed by atoms with Crippen LogP contribution in [-0.2, 0) is 4.74 Å². The van der Waals surface area contributed by atoms with Gasteiger partial charge in [-0.1, -0.05) is 11.6 Å². The molecule has 0 aromatic carbocycles. The largest absolute Gasteiger partial charge is 0.380 e. The fourth-order valence-electron chi connectivity index (χ4n) is 3.11. The first-order valence-electron chi connectivity index (χ1n) is 7.84. The van der Waals surface area contributed by atoms with Gasteiger partial charge in [-0.05, 0) is 26.3 Å². The number of aromatic amines is 1. The first kappa shape index (κ1) is 16.7. The van der Waals surface area contributed by atoms with Gasteiger partial charge in [0, 0.05) is 32.0 Å². The van der Waals surface area contributed by atoms with E-state index in [1.54, 1.807) is 13.3 Å². The molecule has 7 heteroatoms. The number of anilines is 1. The maximum Gasteiger partial charge on any atom is 0.147 e. The molecule has 1 N–H and O–H groups in total. The van der Waals surface area contributed by atoms with Crippen LogP contribution in [0.4, 0.5) is 5.82 Å². The molecule has 0 bridgehead atoms. The van der Waals surface area contributed by atoms with Gasteiger partial charge in [-0.25, -0.2) is 9.97 Å². The molecule has 0 amide bonds. The Morgan fingerprint density at radius 3 is 2.75 bits per heavy atom. The monoisotopic (exact) mass is 345 g/mol. The number of aryl methyl sites for hydroxylation is 2. The number of hydrogen-bond acceptors (Lipinski definition) is 5. The molecule has 0 saturated carbocycles. The van der Waals surface area contributed by atoms with Crippen molar-refractivity contribution >= 4 is 17.4 Å². The average molecular weight is 346 g/mol. The maximum absolute atomic E-state index is 9.58. The molecule has 0 spiro atoms. The van der Waals surface area contributed by atoms with Crippen LogP contribution < -0.4 is 4.90 Å². The van der Waals surface area contributed by atoms with Crippen LogP contribution in [0.2, 0.25) is 5.02 Å². The van der Waals surface area contributed by atoms with Crippen LogP contribution in [-0.4, -0.2) is 34.7 Å². The van der Waals surface area contributed by atoms with Crippen molar-refractivity contribution in [3.8, 4) is 6.07 Å². The molecule has 2 aromatic heterocycles. The van der Waals surface area contributed by atoms with Gasteiger partial charge < -0.3 is 14.6 Å². The van der Waals surface area contributed by atoms with Gasteiger partial charge in [0.05, 0.1) is 28.4 Å². The van der Waals surface area contributed by atoms with E-state index >= 15 is 0 Å². The lowest BCUT2D eigenvalue weighted by Crippen LogP contribution is -2.27. The normalized spacial score (nSPS) is 20.4. The Bertz CT molecular complexity index is 791. The molecule has 0 radical (unpaired) electrons. The van der Waals surface area contributed by atoms with Crippen molar-refractivity contribution in [3.63, 3.8) is 0 Å². The molecule has 24 heavy (non-hydrogen) atoms. The molecule has 0 unspecified atom stereocenters. The van der Waals surface area contributed by atoms with Crippen molar-refractivity contribution in [2.45, 2.75) is 39.3 Å². The number of H-pyrrole nitrogens is 1. The second kappa shape index (κ2) is 6.42. The highest BCUT2D eigenvalue weighted by atomic mass is 35.5.